The van der Waals surface area contributed by atoms with E-state index < -0.39 is 0 Å². The van der Waals surface area contributed by atoms with Gasteiger partial charge >= 0.3 is 5.69 Å². The standard InChI is InChI=1S/C12H12FN3OS/c13-9-3-5-10(6-4-9)16-11(17)14-7-1-2-8-15(14)12(16)18/h3-6H,1-2,7-8H2. The SMILES string of the molecule is O=c1n(-c2ccc(F)cc2)c(=S)n2n1CCCC2. The highest BCUT2D eigenvalue weighted by Crippen LogP contribution is 2.12. The highest BCUT2D eigenvalue weighted by atomic mass is 32.1. The van der Waals surface area contributed by atoms with Crippen LogP contribution in [0.15, 0.2) is 29.1 Å². The third kappa shape index (κ3) is 1.64. The van der Waals surface area contributed by atoms with Gasteiger partial charge in [0.15, 0.2) is 0 Å². The fourth-order valence-corrected chi connectivity index (χ4v) is 2.66. The van der Waals surface area contributed by atoms with Crippen molar-refractivity contribution in [1.29, 1.82) is 0 Å². The Morgan fingerprint density at radius 3 is 2.28 bits per heavy atom. The first kappa shape index (κ1) is 11.4. The first-order chi connectivity index (χ1) is 8.68. The molecule has 0 unspecified atom stereocenters. The summed E-state index contributed by atoms with van der Waals surface area (Å²) in [5, 5.41) is 0. The molecule has 2 heterocycles. The second kappa shape index (κ2) is 4.20. The number of hydrogen-bond donors (Lipinski definition) is 0. The van der Waals surface area contributed by atoms with Crippen LogP contribution in [0.5, 0.6) is 0 Å². The lowest BCUT2D eigenvalue weighted by atomic mass is 10.3. The summed E-state index contributed by atoms with van der Waals surface area (Å²) in [7, 11) is 0. The van der Waals surface area contributed by atoms with Crippen molar-refractivity contribution in [3.63, 3.8) is 0 Å². The zero-order valence-electron chi connectivity index (χ0n) is 9.67. The summed E-state index contributed by atoms with van der Waals surface area (Å²) in [6.07, 6.45) is 2.02. The van der Waals surface area contributed by atoms with Gasteiger partial charge in [0, 0.05) is 13.1 Å². The topological polar surface area (TPSA) is 31.9 Å². The highest BCUT2D eigenvalue weighted by molar-refractivity contribution is 7.71. The lowest BCUT2D eigenvalue weighted by Crippen LogP contribution is -2.29. The molecule has 2 aromatic rings. The van der Waals surface area contributed by atoms with Crippen molar-refractivity contribution in [2.45, 2.75) is 25.9 Å². The predicted octanol–water partition coefficient (Wildman–Crippen LogP) is 2.10. The maximum Gasteiger partial charge on any atom is 0.349 e. The quantitative estimate of drug-likeness (QED) is 0.740. The molecule has 0 fully saturated rings. The molecule has 0 bridgehead atoms. The van der Waals surface area contributed by atoms with Gasteiger partial charge in [-0.1, -0.05) is 0 Å². The molecule has 94 valence electrons. The van der Waals surface area contributed by atoms with E-state index in [1.165, 1.54) is 16.7 Å². The Morgan fingerprint density at radius 2 is 1.67 bits per heavy atom. The van der Waals surface area contributed by atoms with Gasteiger partial charge < -0.3 is 0 Å². The van der Waals surface area contributed by atoms with Gasteiger partial charge in [-0.25, -0.2) is 18.4 Å². The Balaban J connectivity index is 2.24. The highest BCUT2D eigenvalue weighted by Gasteiger charge is 2.17. The summed E-state index contributed by atoms with van der Waals surface area (Å²) in [6.45, 7) is 1.46. The molecule has 0 saturated heterocycles. The Kier molecular flexibility index (Phi) is 2.66. The van der Waals surface area contributed by atoms with Crippen LogP contribution in [-0.2, 0) is 13.1 Å². The van der Waals surface area contributed by atoms with Crippen molar-refractivity contribution in [3.8, 4) is 5.69 Å². The van der Waals surface area contributed by atoms with Gasteiger partial charge in [-0.05, 0) is 49.3 Å². The summed E-state index contributed by atoms with van der Waals surface area (Å²) in [4.78, 5) is 12.3. The number of aromatic nitrogens is 3. The lowest BCUT2D eigenvalue weighted by Gasteiger charge is -2.14. The van der Waals surface area contributed by atoms with Crippen LogP contribution in [0.25, 0.3) is 5.69 Å². The molecular weight excluding hydrogens is 253 g/mol. The first-order valence-corrected chi connectivity index (χ1v) is 6.28. The minimum Gasteiger partial charge on any atom is -0.256 e. The Hall–Kier alpha value is -1.69. The minimum atomic E-state index is -0.325. The van der Waals surface area contributed by atoms with Gasteiger partial charge in [0.2, 0.25) is 4.77 Å². The molecule has 18 heavy (non-hydrogen) atoms. The minimum absolute atomic E-state index is 0.147. The molecular formula is C12H12FN3OS. The van der Waals surface area contributed by atoms with Crippen molar-refractivity contribution >= 4 is 12.2 Å². The molecule has 1 aliphatic rings. The lowest BCUT2D eigenvalue weighted by molar-refractivity contribution is 0.352. The summed E-state index contributed by atoms with van der Waals surface area (Å²) < 4.78 is 18.3. The van der Waals surface area contributed by atoms with E-state index in [9.17, 15) is 9.18 Å². The molecule has 0 atom stereocenters. The van der Waals surface area contributed by atoms with Gasteiger partial charge in [-0.15, -0.1) is 0 Å². The van der Waals surface area contributed by atoms with E-state index in [4.69, 9.17) is 12.2 Å². The summed E-state index contributed by atoms with van der Waals surface area (Å²) >= 11 is 5.33. The second-order valence-corrected chi connectivity index (χ2v) is 4.70. The average molecular weight is 265 g/mol. The number of fused-ring (bicyclic) bond motifs is 1. The van der Waals surface area contributed by atoms with Crippen LogP contribution >= 0.6 is 12.2 Å². The predicted molar refractivity (Wildman–Crippen MR) is 68.0 cm³/mol. The van der Waals surface area contributed by atoms with Crippen LogP contribution in [0, 0.1) is 10.6 Å². The third-order valence-corrected chi connectivity index (χ3v) is 3.58. The number of nitrogens with zero attached hydrogens (tertiary/aromatic N) is 3. The van der Waals surface area contributed by atoms with E-state index in [-0.39, 0.29) is 11.5 Å². The van der Waals surface area contributed by atoms with Crippen LogP contribution in [0.2, 0.25) is 0 Å². The molecule has 1 aliphatic heterocycles. The van der Waals surface area contributed by atoms with Gasteiger partial charge in [-0.2, -0.15) is 0 Å². The van der Waals surface area contributed by atoms with Crippen molar-refractivity contribution in [1.82, 2.24) is 13.9 Å². The molecule has 3 rings (SSSR count). The average Bonchev–Trinajstić information content (AvgIpc) is 2.64. The molecule has 0 saturated carbocycles. The van der Waals surface area contributed by atoms with Gasteiger partial charge in [-0.3, -0.25) is 4.68 Å². The maximum atomic E-state index is 12.9. The molecule has 0 radical (unpaired) electrons. The normalized spacial score (nSPS) is 14.5. The van der Waals surface area contributed by atoms with E-state index in [1.54, 1.807) is 16.8 Å². The summed E-state index contributed by atoms with van der Waals surface area (Å²) in [5.74, 6) is -0.325. The number of halogens is 1. The molecule has 0 spiro atoms. The van der Waals surface area contributed by atoms with E-state index in [0.29, 0.717) is 17.0 Å². The van der Waals surface area contributed by atoms with Crippen LogP contribution in [0.1, 0.15) is 12.8 Å². The van der Waals surface area contributed by atoms with E-state index in [0.717, 1.165) is 19.4 Å². The van der Waals surface area contributed by atoms with Crippen LogP contribution in [0.3, 0.4) is 0 Å². The molecule has 0 N–H and O–H groups in total. The monoisotopic (exact) mass is 265 g/mol. The zero-order valence-corrected chi connectivity index (χ0v) is 10.5. The Labute approximate surface area is 108 Å². The molecule has 6 heteroatoms. The summed E-state index contributed by atoms with van der Waals surface area (Å²) in [5.41, 5.74) is 0.465. The Morgan fingerprint density at radius 1 is 1.06 bits per heavy atom. The molecule has 1 aromatic heterocycles. The maximum absolute atomic E-state index is 12.9. The Bertz CT molecular complexity index is 658. The molecule has 4 nitrogen and oxygen atoms in total. The first-order valence-electron chi connectivity index (χ1n) is 5.87. The van der Waals surface area contributed by atoms with Gasteiger partial charge in [0.25, 0.3) is 0 Å². The van der Waals surface area contributed by atoms with Crippen LogP contribution in [0.4, 0.5) is 4.39 Å². The number of rotatable bonds is 1. The molecule has 0 amide bonds. The van der Waals surface area contributed by atoms with E-state index >= 15 is 0 Å². The summed E-state index contributed by atoms with van der Waals surface area (Å²) in [6, 6.07) is 5.80. The van der Waals surface area contributed by atoms with Crippen molar-refractivity contribution in [3.05, 3.63) is 45.3 Å². The van der Waals surface area contributed by atoms with E-state index in [1.807, 2.05) is 4.68 Å². The number of hydrogen-bond acceptors (Lipinski definition) is 2. The van der Waals surface area contributed by atoms with Crippen molar-refractivity contribution < 1.29 is 4.39 Å². The smallest absolute Gasteiger partial charge is 0.256 e. The van der Waals surface area contributed by atoms with Crippen LogP contribution in [-0.4, -0.2) is 13.9 Å². The fourth-order valence-electron chi connectivity index (χ4n) is 2.29. The fraction of sp³-hybridized carbons (Fsp3) is 0.333. The van der Waals surface area contributed by atoms with Crippen molar-refractivity contribution in [2.24, 2.45) is 0 Å². The second-order valence-electron chi connectivity index (χ2n) is 4.33. The van der Waals surface area contributed by atoms with Crippen LogP contribution < -0.4 is 5.69 Å². The zero-order chi connectivity index (χ0) is 12.7. The van der Waals surface area contributed by atoms with E-state index in [2.05, 4.69) is 0 Å². The third-order valence-electron chi connectivity index (χ3n) is 3.19. The molecule has 1 aromatic carbocycles. The largest absolute Gasteiger partial charge is 0.349 e. The van der Waals surface area contributed by atoms with Gasteiger partial charge in [0.1, 0.15) is 5.82 Å². The van der Waals surface area contributed by atoms with Gasteiger partial charge in [0.05, 0.1) is 5.69 Å². The van der Waals surface area contributed by atoms with Crippen molar-refractivity contribution in [2.75, 3.05) is 0 Å². The number of benzene rings is 1. The molecule has 0 aliphatic carbocycles.